The number of alkyl halides is 3. The molecular formula is C10H10F3NO2. The first-order chi connectivity index (χ1) is 7.30. The van der Waals surface area contributed by atoms with Crippen LogP contribution >= 0.6 is 0 Å². The predicted molar refractivity (Wildman–Crippen MR) is 49.7 cm³/mol. The number of hydrogen-bond donors (Lipinski definition) is 1. The minimum absolute atomic E-state index is 0.0565. The first-order valence-electron chi connectivity index (χ1n) is 4.55. The average Bonchev–Trinajstić information content (AvgIpc) is 2.16. The highest BCUT2D eigenvalue weighted by Gasteiger charge is 2.32. The number of carboxylic acid groups (broad SMARTS) is 1. The van der Waals surface area contributed by atoms with E-state index in [1.807, 2.05) is 0 Å². The van der Waals surface area contributed by atoms with Crippen molar-refractivity contribution in [2.75, 3.05) is 0 Å². The molecule has 0 saturated carbocycles. The molecule has 0 radical (unpaired) electrons. The van der Waals surface area contributed by atoms with Gasteiger partial charge in [-0.15, -0.1) is 0 Å². The highest BCUT2D eigenvalue weighted by molar-refractivity contribution is 5.69. The zero-order valence-electron chi connectivity index (χ0n) is 8.45. The number of halogens is 3. The molecule has 3 nitrogen and oxygen atoms in total. The Labute approximate surface area is 89.9 Å². The van der Waals surface area contributed by atoms with Gasteiger partial charge in [-0.1, -0.05) is 6.92 Å². The predicted octanol–water partition coefficient (Wildman–Crippen LogP) is 2.36. The Morgan fingerprint density at radius 1 is 1.56 bits per heavy atom. The van der Waals surface area contributed by atoms with Gasteiger partial charge in [0.05, 0.1) is 5.92 Å². The van der Waals surface area contributed by atoms with Crippen molar-refractivity contribution < 1.29 is 23.1 Å². The molecule has 16 heavy (non-hydrogen) atoms. The summed E-state index contributed by atoms with van der Waals surface area (Å²) in [5.41, 5.74) is -0.681. The Balaban J connectivity index is 2.87. The Kier molecular flexibility index (Phi) is 3.51. The van der Waals surface area contributed by atoms with Gasteiger partial charge in [-0.3, -0.25) is 9.78 Å². The zero-order valence-corrected chi connectivity index (χ0v) is 8.45. The molecule has 88 valence electrons. The lowest BCUT2D eigenvalue weighted by atomic mass is 10.0. The summed E-state index contributed by atoms with van der Waals surface area (Å²) in [6.45, 7) is 1.44. The summed E-state index contributed by atoms with van der Waals surface area (Å²) in [6.07, 6.45) is -3.41. The highest BCUT2D eigenvalue weighted by atomic mass is 19.4. The summed E-state index contributed by atoms with van der Waals surface area (Å²) in [5.74, 6) is -1.76. The molecule has 0 amide bonds. The molecule has 1 rings (SSSR count). The molecule has 0 spiro atoms. The second-order valence-corrected chi connectivity index (χ2v) is 3.49. The Hall–Kier alpha value is -1.59. The van der Waals surface area contributed by atoms with Crippen LogP contribution in [-0.2, 0) is 17.4 Å². The van der Waals surface area contributed by atoms with Crippen molar-refractivity contribution >= 4 is 5.97 Å². The van der Waals surface area contributed by atoms with Crippen molar-refractivity contribution in [3.63, 3.8) is 0 Å². The van der Waals surface area contributed by atoms with E-state index >= 15 is 0 Å². The summed E-state index contributed by atoms with van der Waals surface area (Å²) >= 11 is 0. The molecule has 0 aliphatic rings. The van der Waals surface area contributed by atoms with E-state index in [9.17, 15) is 18.0 Å². The molecule has 0 bridgehead atoms. The number of carbonyl (C=O) groups is 1. The molecule has 1 heterocycles. The van der Waals surface area contributed by atoms with Crippen LogP contribution in [0.4, 0.5) is 13.2 Å². The van der Waals surface area contributed by atoms with Crippen molar-refractivity contribution in [3.8, 4) is 0 Å². The summed E-state index contributed by atoms with van der Waals surface area (Å²) in [6, 6.07) is 2.26. The van der Waals surface area contributed by atoms with Gasteiger partial charge in [0.15, 0.2) is 0 Å². The van der Waals surface area contributed by atoms with Gasteiger partial charge in [0.25, 0.3) is 0 Å². The third-order valence-corrected chi connectivity index (χ3v) is 2.08. The van der Waals surface area contributed by atoms with E-state index in [0.717, 1.165) is 12.3 Å². The van der Waals surface area contributed by atoms with Crippen molar-refractivity contribution in [1.82, 2.24) is 4.98 Å². The fourth-order valence-electron chi connectivity index (χ4n) is 1.20. The molecule has 1 aromatic heterocycles. The smallest absolute Gasteiger partial charge is 0.433 e. The normalized spacial score (nSPS) is 13.5. The first-order valence-corrected chi connectivity index (χ1v) is 4.55. The second kappa shape index (κ2) is 4.51. The van der Waals surface area contributed by atoms with Gasteiger partial charge in [0, 0.05) is 6.20 Å². The maximum atomic E-state index is 12.3. The van der Waals surface area contributed by atoms with Crippen LogP contribution in [0.1, 0.15) is 18.2 Å². The summed E-state index contributed by atoms with van der Waals surface area (Å²) in [7, 11) is 0. The highest BCUT2D eigenvalue weighted by Crippen LogP contribution is 2.28. The van der Waals surface area contributed by atoms with Gasteiger partial charge in [0.1, 0.15) is 5.69 Å². The van der Waals surface area contributed by atoms with E-state index in [1.54, 1.807) is 0 Å². The Bertz CT molecular complexity index is 390. The number of pyridine rings is 1. The monoisotopic (exact) mass is 233 g/mol. The molecule has 1 N–H and O–H groups in total. The van der Waals surface area contributed by atoms with E-state index < -0.39 is 23.8 Å². The number of aromatic nitrogens is 1. The molecule has 0 aliphatic carbocycles. The van der Waals surface area contributed by atoms with Gasteiger partial charge >= 0.3 is 12.1 Å². The molecule has 1 aromatic rings. The number of carboxylic acids is 1. The summed E-state index contributed by atoms with van der Waals surface area (Å²) in [5, 5.41) is 8.63. The molecular weight excluding hydrogens is 223 g/mol. The van der Waals surface area contributed by atoms with Crippen LogP contribution in [-0.4, -0.2) is 16.1 Å². The third-order valence-electron chi connectivity index (χ3n) is 2.08. The standard InChI is InChI=1S/C10H10F3NO2/c1-6(9(15)16)4-7-2-3-14-8(5-7)10(11,12)13/h2-3,5-6H,4H2,1H3,(H,15,16)/t6-/m1/s1. The number of nitrogens with zero attached hydrogens (tertiary/aromatic N) is 1. The largest absolute Gasteiger partial charge is 0.481 e. The molecule has 0 aliphatic heterocycles. The van der Waals surface area contributed by atoms with E-state index in [4.69, 9.17) is 5.11 Å². The SMILES string of the molecule is C[C@H](Cc1ccnc(C(F)(F)F)c1)C(=O)O. The van der Waals surface area contributed by atoms with Crippen LogP contribution in [0, 0.1) is 5.92 Å². The van der Waals surface area contributed by atoms with Crippen LogP contribution in [0.15, 0.2) is 18.3 Å². The van der Waals surface area contributed by atoms with E-state index in [0.29, 0.717) is 5.56 Å². The molecule has 0 fully saturated rings. The fraction of sp³-hybridized carbons (Fsp3) is 0.400. The van der Waals surface area contributed by atoms with Gasteiger partial charge in [-0.25, -0.2) is 0 Å². The maximum Gasteiger partial charge on any atom is 0.433 e. The van der Waals surface area contributed by atoms with Gasteiger partial charge < -0.3 is 5.11 Å². The van der Waals surface area contributed by atoms with Crippen LogP contribution in [0.25, 0.3) is 0 Å². The summed E-state index contributed by atoms with van der Waals surface area (Å²) in [4.78, 5) is 13.7. The first kappa shape index (κ1) is 12.5. The quantitative estimate of drug-likeness (QED) is 0.871. The van der Waals surface area contributed by atoms with Gasteiger partial charge in [-0.2, -0.15) is 13.2 Å². The second-order valence-electron chi connectivity index (χ2n) is 3.49. The maximum absolute atomic E-state index is 12.3. The minimum Gasteiger partial charge on any atom is -0.481 e. The molecule has 1 atom stereocenters. The lowest BCUT2D eigenvalue weighted by molar-refractivity contribution is -0.141. The third kappa shape index (κ3) is 3.22. The Morgan fingerprint density at radius 2 is 2.19 bits per heavy atom. The number of hydrogen-bond acceptors (Lipinski definition) is 2. The van der Waals surface area contributed by atoms with Crippen molar-refractivity contribution in [2.45, 2.75) is 19.5 Å². The van der Waals surface area contributed by atoms with Gasteiger partial charge in [0.2, 0.25) is 0 Å². The fourth-order valence-corrected chi connectivity index (χ4v) is 1.20. The van der Waals surface area contributed by atoms with Gasteiger partial charge in [-0.05, 0) is 24.1 Å². The van der Waals surface area contributed by atoms with Crippen LogP contribution in [0.3, 0.4) is 0 Å². The van der Waals surface area contributed by atoms with Crippen molar-refractivity contribution in [2.24, 2.45) is 5.92 Å². The van der Waals surface area contributed by atoms with E-state index in [1.165, 1.54) is 13.0 Å². The molecule has 6 heteroatoms. The van der Waals surface area contributed by atoms with Crippen LogP contribution < -0.4 is 0 Å². The lowest BCUT2D eigenvalue weighted by Crippen LogP contribution is -2.14. The molecule has 0 saturated heterocycles. The van der Waals surface area contributed by atoms with Crippen LogP contribution in [0.2, 0.25) is 0 Å². The number of rotatable bonds is 3. The number of aliphatic carboxylic acids is 1. The Morgan fingerprint density at radius 3 is 2.69 bits per heavy atom. The topological polar surface area (TPSA) is 50.2 Å². The minimum atomic E-state index is -4.50. The average molecular weight is 233 g/mol. The van der Waals surface area contributed by atoms with Crippen molar-refractivity contribution in [3.05, 3.63) is 29.6 Å². The molecule has 0 aromatic carbocycles. The van der Waals surface area contributed by atoms with Crippen LogP contribution in [0.5, 0.6) is 0 Å². The van der Waals surface area contributed by atoms with E-state index in [-0.39, 0.29) is 6.42 Å². The lowest BCUT2D eigenvalue weighted by Gasteiger charge is -2.09. The zero-order chi connectivity index (χ0) is 12.3. The van der Waals surface area contributed by atoms with E-state index in [2.05, 4.69) is 4.98 Å². The molecule has 0 unspecified atom stereocenters. The summed E-state index contributed by atoms with van der Waals surface area (Å²) < 4.78 is 36.9. The van der Waals surface area contributed by atoms with Crippen molar-refractivity contribution in [1.29, 1.82) is 0 Å².